The van der Waals surface area contributed by atoms with Gasteiger partial charge in [-0.25, -0.2) is 0 Å². The van der Waals surface area contributed by atoms with E-state index in [9.17, 15) is 5.11 Å². The second kappa shape index (κ2) is 4.35. The highest BCUT2D eigenvalue weighted by Gasteiger charge is 2.37. The van der Waals surface area contributed by atoms with Crippen LogP contribution < -0.4 is 0 Å². The van der Waals surface area contributed by atoms with Crippen molar-refractivity contribution in [2.24, 2.45) is 0 Å². The van der Waals surface area contributed by atoms with Crippen LogP contribution in [-0.2, 0) is 10.3 Å². The van der Waals surface area contributed by atoms with Crippen molar-refractivity contribution in [2.45, 2.75) is 38.3 Å². The molecule has 1 aliphatic rings. The van der Waals surface area contributed by atoms with Crippen molar-refractivity contribution < 1.29 is 9.84 Å². The van der Waals surface area contributed by atoms with Crippen molar-refractivity contribution in [3.63, 3.8) is 0 Å². The Bertz CT molecular complexity index is 370. The Morgan fingerprint density at radius 1 is 1.50 bits per heavy atom. The molecule has 0 atom stereocenters. The van der Waals surface area contributed by atoms with Crippen molar-refractivity contribution in [3.8, 4) is 0 Å². The summed E-state index contributed by atoms with van der Waals surface area (Å²) >= 11 is 6.13. The molecule has 1 aromatic rings. The lowest BCUT2D eigenvalue weighted by atomic mass is 9.90. The Morgan fingerprint density at radius 3 is 2.69 bits per heavy atom. The summed E-state index contributed by atoms with van der Waals surface area (Å²) in [4.78, 5) is 0. The molecule has 4 nitrogen and oxygen atoms in total. The molecule has 1 aromatic heterocycles. The largest absolute Gasteiger partial charge is 0.383 e. The lowest BCUT2D eigenvalue weighted by Crippen LogP contribution is -2.36. The third-order valence-corrected chi connectivity index (χ3v) is 3.28. The topological polar surface area (TPSA) is 47.3 Å². The Kier molecular flexibility index (Phi) is 3.24. The number of rotatable bonds is 2. The highest BCUT2D eigenvalue weighted by atomic mass is 35.5. The first-order valence-electron chi connectivity index (χ1n) is 5.58. The number of ether oxygens (including phenoxy) is 1. The van der Waals surface area contributed by atoms with Gasteiger partial charge in [0.15, 0.2) is 0 Å². The van der Waals surface area contributed by atoms with Crippen molar-refractivity contribution in [1.29, 1.82) is 0 Å². The first-order chi connectivity index (χ1) is 7.54. The Balaban J connectivity index is 2.41. The van der Waals surface area contributed by atoms with Crippen molar-refractivity contribution in [1.82, 2.24) is 9.78 Å². The van der Waals surface area contributed by atoms with Gasteiger partial charge in [-0.05, 0) is 13.8 Å². The monoisotopic (exact) mass is 244 g/mol. The molecule has 16 heavy (non-hydrogen) atoms. The first-order valence-corrected chi connectivity index (χ1v) is 5.96. The molecule has 1 N–H and O–H groups in total. The van der Waals surface area contributed by atoms with Crippen LogP contribution in [0.4, 0.5) is 0 Å². The van der Waals surface area contributed by atoms with Crippen LogP contribution in [0.15, 0.2) is 6.20 Å². The molecule has 0 aromatic carbocycles. The van der Waals surface area contributed by atoms with Crippen LogP contribution in [0.3, 0.4) is 0 Å². The average molecular weight is 245 g/mol. The maximum atomic E-state index is 10.6. The summed E-state index contributed by atoms with van der Waals surface area (Å²) in [6.07, 6.45) is 2.75. The first kappa shape index (κ1) is 11.9. The summed E-state index contributed by atoms with van der Waals surface area (Å²) in [5.74, 6) is 0. The van der Waals surface area contributed by atoms with E-state index in [1.54, 1.807) is 10.9 Å². The van der Waals surface area contributed by atoms with Gasteiger partial charge in [0.2, 0.25) is 0 Å². The lowest BCUT2D eigenvalue weighted by Gasteiger charge is -2.33. The average Bonchev–Trinajstić information content (AvgIpc) is 2.62. The van der Waals surface area contributed by atoms with Gasteiger partial charge in [-0.15, -0.1) is 0 Å². The smallest absolute Gasteiger partial charge is 0.112 e. The van der Waals surface area contributed by atoms with Crippen LogP contribution in [0.25, 0.3) is 0 Å². The molecule has 90 valence electrons. The maximum Gasteiger partial charge on any atom is 0.112 e. The third-order valence-electron chi connectivity index (χ3n) is 3.00. The molecule has 0 spiro atoms. The molecule has 1 fully saturated rings. The summed E-state index contributed by atoms with van der Waals surface area (Å²) in [6, 6.07) is 0.189. The van der Waals surface area contributed by atoms with Gasteiger partial charge in [0.1, 0.15) is 5.60 Å². The van der Waals surface area contributed by atoms with Gasteiger partial charge >= 0.3 is 0 Å². The van der Waals surface area contributed by atoms with Gasteiger partial charge in [-0.3, -0.25) is 4.68 Å². The summed E-state index contributed by atoms with van der Waals surface area (Å²) < 4.78 is 7.07. The molecule has 0 aliphatic carbocycles. The van der Waals surface area contributed by atoms with Gasteiger partial charge in [0, 0.05) is 32.1 Å². The van der Waals surface area contributed by atoms with E-state index in [0.717, 1.165) is 5.69 Å². The molecule has 2 rings (SSSR count). The van der Waals surface area contributed by atoms with E-state index in [0.29, 0.717) is 31.1 Å². The minimum absolute atomic E-state index is 0.189. The van der Waals surface area contributed by atoms with E-state index in [1.165, 1.54) is 0 Å². The fraction of sp³-hybridized carbons (Fsp3) is 0.727. The normalized spacial score (nSPS) is 20.3. The molecule has 0 amide bonds. The highest BCUT2D eigenvalue weighted by Crippen LogP contribution is 2.37. The number of hydrogen-bond acceptors (Lipinski definition) is 3. The Morgan fingerprint density at radius 2 is 2.12 bits per heavy atom. The van der Waals surface area contributed by atoms with Crippen molar-refractivity contribution in [2.75, 3.05) is 13.2 Å². The summed E-state index contributed by atoms with van der Waals surface area (Å²) in [5.41, 5.74) is -0.164. The minimum atomic E-state index is -0.893. The Labute approximate surface area is 100 Å². The molecule has 2 heterocycles. The summed E-state index contributed by atoms with van der Waals surface area (Å²) in [7, 11) is 0. The number of halogens is 1. The van der Waals surface area contributed by atoms with Crippen molar-refractivity contribution >= 4 is 11.6 Å². The molecule has 1 saturated heterocycles. The van der Waals surface area contributed by atoms with E-state index in [4.69, 9.17) is 16.3 Å². The zero-order chi connectivity index (χ0) is 11.8. The van der Waals surface area contributed by atoms with Gasteiger partial charge in [0.05, 0.1) is 16.9 Å². The highest BCUT2D eigenvalue weighted by molar-refractivity contribution is 6.31. The molecule has 1 aliphatic heterocycles. The zero-order valence-electron chi connectivity index (χ0n) is 9.61. The van der Waals surface area contributed by atoms with E-state index < -0.39 is 5.60 Å². The predicted molar refractivity (Wildman–Crippen MR) is 61.6 cm³/mol. The fourth-order valence-corrected chi connectivity index (χ4v) is 2.42. The minimum Gasteiger partial charge on any atom is -0.383 e. The molecule has 0 radical (unpaired) electrons. The van der Waals surface area contributed by atoms with Gasteiger partial charge in [-0.2, -0.15) is 5.10 Å². The van der Waals surface area contributed by atoms with Crippen LogP contribution in [-0.4, -0.2) is 28.1 Å². The standard InChI is InChI=1S/C11H17ClN2O2/c1-8(2)14-10(9(12)7-13-14)11(15)3-5-16-6-4-11/h7-8,15H,3-6H2,1-2H3. The molecule has 5 heteroatoms. The van der Waals surface area contributed by atoms with Gasteiger partial charge in [0.25, 0.3) is 0 Å². The van der Waals surface area contributed by atoms with Crippen LogP contribution in [0.1, 0.15) is 38.4 Å². The van der Waals surface area contributed by atoms with Crippen LogP contribution >= 0.6 is 11.6 Å². The van der Waals surface area contributed by atoms with Crippen molar-refractivity contribution in [3.05, 3.63) is 16.9 Å². The zero-order valence-corrected chi connectivity index (χ0v) is 10.4. The number of hydrogen-bond donors (Lipinski definition) is 1. The van der Waals surface area contributed by atoms with Crippen LogP contribution in [0.2, 0.25) is 5.02 Å². The molecular weight excluding hydrogens is 228 g/mol. The number of aromatic nitrogens is 2. The number of aliphatic hydroxyl groups is 1. The van der Waals surface area contributed by atoms with Gasteiger partial charge in [-0.1, -0.05) is 11.6 Å². The second-order valence-corrected chi connectivity index (χ2v) is 4.93. The van der Waals surface area contributed by atoms with E-state index in [1.807, 2.05) is 13.8 Å². The second-order valence-electron chi connectivity index (χ2n) is 4.52. The Hall–Kier alpha value is -0.580. The van der Waals surface area contributed by atoms with E-state index >= 15 is 0 Å². The van der Waals surface area contributed by atoms with E-state index in [2.05, 4.69) is 5.10 Å². The SMILES string of the molecule is CC(C)n1ncc(Cl)c1C1(O)CCOCC1. The van der Waals surface area contributed by atoms with E-state index in [-0.39, 0.29) is 6.04 Å². The molecule has 0 unspecified atom stereocenters. The molecule has 0 saturated carbocycles. The summed E-state index contributed by atoms with van der Waals surface area (Å²) in [5, 5.41) is 15.4. The molecular formula is C11H17ClN2O2. The predicted octanol–water partition coefficient (Wildman–Crippen LogP) is 2.12. The van der Waals surface area contributed by atoms with Crippen LogP contribution in [0.5, 0.6) is 0 Å². The van der Waals surface area contributed by atoms with Crippen LogP contribution in [0, 0.1) is 0 Å². The van der Waals surface area contributed by atoms with Gasteiger partial charge < -0.3 is 9.84 Å². The fourth-order valence-electron chi connectivity index (χ4n) is 2.11. The quantitative estimate of drug-likeness (QED) is 0.867. The molecule has 0 bridgehead atoms. The number of nitrogens with zero attached hydrogens (tertiary/aromatic N) is 2. The lowest BCUT2D eigenvalue weighted by molar-refractivity contribution is -0.0734. The third kappa shape index (κ3) is 1.97. The maximum absolute atomic E-state index is 10.6. The summed E-state index contributed by atoms with van der Waals surface area (Å²) in [6.45, 7) is 5.18.